The Morgan fingerprint density at radius 3 is 1.94 bits per heavy atom. The molecular formula is C43H43F6NO3. The first-order valence-corrected chi connectivity index (χ1v) is 18.2. The Bertz CT molecular complexity index is 1870. The van der Waals surface area contributed by atoms with Crippen LogP contribution < -0.4 is 5.32 Å². The highest BCUT2D eigenvalue weighted by Crippen LogP contribution is 2.52. The number of nitrogens with one attached hydrogen (secondary N) is 1. The van der Waals surface area contributed by atoms with Gasteiger partial charge in [0.15, 0.2) is 0 Å². The number of aliphatic hydroxyl groups excluding tert-OH is 1. The highest BCUT2D eigenvalue weighted by Gasteiger charge is 2.49. The monoisotopic (exact) mass is 735 g/mol. The van der Waals surface area contributed by atoms with Gasteiger partial charge in [0.05, 0.1) is 11.7 Å². The van der Waals surface area contributed by atoms with Gasteiger partial charge in [0.1, 0.15) is 17.7 Å². The summed E-state index contributed by atoms with van der Waals surface area (Å²) in [6, 6.07) is 26.8. The number of carbonyl (C=O) groups is 2. The topological polar surface area (TPSA) is 66.4 Å². The van der Waals surface area contributed by atoms with Crippen LogP contribution in [0.25, 0.3) is 22.3 Å². The van der Waals surface area contributed by atoms with Gasteiger partial charge < -0.3 is 10.4 Å². The van der Waals surface area contributed by atoms with Gasteiger partial charge in [0.2, 0.25) is 5.91 Å². The number of amides is 1. The SMILES string of the molecule is C[C@@H](CCCCC1(C(=O)NCC(F)(F)F)c2ccccc2-c2ccccc21)C(=O)CCC1CCC1C(O)c1ccccc1-c1ccc(C(F)(F)F)cc1. The predicted octanol–water partition coefficient (Wildman–Crippen LogP) is 10.6. The quantitative estimate of drug-likeness (QED) is 0.100. The van der Waals surface area contributed by atoms with E-state index in [0.717, 1.165) is 36.1 Å². The van der Waals surface area contributed by atoms with Gasteiger partial charge in [-0.3, -0.25) is 9.59 Å². The number of fused-ring (bicyclic) bond motifs is 3. The largest absolute Gasteiger partial charge is 0.416 e. The van der Waals surface area contributed by atoms with E-state index in [9.17, 15) is 41.0 Å². The molecule has 4 nitrogen and oxygen atoms in total. The first-order chi connectivity index (χ1) is 25.2. The molecular weight excluding hydrogens is 692 g/mol. The second-order valence-electron chi connectivity index (χ2n) is 14.6. The lowest BCUT2D eigenvalue weighted by Crippen LogP contribution is -2.47. The molecule has 53 heavy (non-hydrogen) atoms. The molecule has 6 rings (SSSR count). The lowest BCUT2D eigenvalue weighted by molar-refractivity contribution is -0.141. The molecule has 3 unspecified atom stereocenters. The molecule has 0 radical (unpaired) electrons. The summed E-state index contributed by atoms with van der Waals surface area (Å²) in [4.78, 5) is 27.0. The molecule has 1 saturated carbocycles. The normalized spacial score (nSPS) is 18.7. The zero-order valence-corrected chi connectivity index (χ0v) is 29.4. The van der Waals surface area contributed by atoms with E-state index < -0.39 is 41.9 Å². The van der Waals surface area contributed by atoms with Crippen molar-refractivity contribution in [1.82, 2.24) is 5.32 Å². The van der Waals surface area contributed by atoms with Crippen LogP contribution in [0.4, 0.5) is 26.3 Å². The number of carbonyl (C=O) groups excluding carboxylic acids is 2. The molecule has 0 spiro atoms. The van der Waals surface area contributed by atoms with Crippen molar-refractivity contribution in [2.45, 2.75) is 82.2 Å². The van der Waals surface area contributed by atoms with Crippen molar-refractivity contribution in [2.75, 3.05) is 6.54 Å². The van der Waals surface area contributed by atoms with Gasteiger partial charge >= 0.3 is 12.4 Å². The van der Waals surface area contributed by atoms with Gasteiger partial charge in [-0.2, -0.15) is 26.3 Å². The maximum atomic E-state index is 13.7. The second-order valence-corrected chi connectivity index (χ2v) is 14.6. The molecule has 10 heteroatoms. The number of hydrogen-bond donors (Lipinski definition) is 2. The summed E-state index contributed by atoms with van der Waals surface area (Å²) in [5, 5.41) is 13.6. The van der Waals surface area contributed by atoms with Gasteiger partial charge in [-0.1, -0.05) is 105 Å². The number of unbranched alkanes of at least 4 members (excludes halogenated alkanes) is 1. The minimum absolute atomic E-state index is 0.0782. The van der Waals surface area contributed by atoms with Crippen LogP contribution in [0.5, 0.6) is 0 Å². The Balaban J connectivity index is 1.05. The molecule has 4 aromatic carbocycles. The average Bonchev–Trinajstić information content (AvgIpc) is 3.41. The molecule has 2 aliphatic rings. The molecule has 4 atom stereocenters. The smallest absolute Gasteiger partial charge is 0.388 e. The van der Waals surface area contributed by atoms with Crippen molar-refractivity contribution in [3.63, 3.8) is 0 Å². The van der Waals surface area contributed by atoms with Crippen LogP contribution in [-0.2, 0) is 21.2 Å². The number of halogens is 6. The molecule has 1 fully saturated rings. The van der Waals surface area contributed by atoms with Crippen LogP contribution in [0.15, 0.2) is 97.1 Å². The van der Waals surface area contributed by atoms with E-state index in [4.69, 9.17) is 0 Å². The summed E-state index contributed by atoms with van der Waals surface area (Å²) in [6.45, 7) is 0.454. The fourth-order valence-electron chi connectivity index (χ4n) is 8.32. The molecule has 2 aliphatic carbocycles. The van der Waals surface area contributed by atoms with Gasteiger partial charge in [0, 0.05) is 12.3 Å². The molecule has 0 aromatic heterocycles. The summed E-state index contributed by atoms with van der Waals surface area (Å²) >= 11 is 0. The molecule has 0 heterocycles. The number of ketones is 1. The number of hydrogen-bond acceptors (Lipinski definition) is 3. The van der Waals surface area contributed by atoms with Crippen LogP contribution in [0.2, 0.25) is 0 Å². The standard InChI is InChI=1S/C43H43F6NO3/c1-27(10-8-9-25-41(40(53)50-26-42(44,45)46)36-15-6-4-12-33(36)34-13-5-7-16-37(34)41)38(51)24-20-29-19-23-32(29)39(52)35-14-3-2-11-31(35)28-17-21-30(22-18-28)43(47,48)49/h2-7,11-18,21-22,27,29,32,39,52H,8-10,19-20,23-26H2,1H3,(H,50,53)/t27-,29?,32?,39?/m0/s1. The number of benzene rings is 4. The van der Waals surface area contributed by atoms with Gasteiger partial charge in [0.25, 0.3) is 0 Å². The third kappa shape index (κ3) is 8.08. The molecule has 0 aliphatic heterocycles. The summed E-state index contributed by atoms with van der Waals surface area (Å²) in [7, 11) is 0. The average molecular weight is 736 g/mol. The molecule has 0 bridgehead atoms. The van der Waals surface area contributed by atoms with Crippen molar-refractivity contribution in [3.05, 3.63) is 119 Å². The number of aliphatic hydroxyl groups is 1. The summed E-state index contributed by atoms with van der Waals surface area (Å²) in [5.74, 6) is -0.790. The van der Waals surface area contributed by atoms with Crippen LogP contribution >= 0.6 is 0 Å². The van der Waals surface area contributed by atoms with Crippen LogP contribution in [0.3, 0.4) is 0 Å². The second kappa shape index (κ2) is 15.5. The van der Waals surface area contributed by atoms with E-state index in [1.54, 1.807) is 36.4 Å². The van der Waals surface area contributed by atoms with Crippen molar-refractivity contribution in [3.8, 4) is 22.3 Å². The van der Waals surface area contributed by atoms with Crippen LogP contribution in [-0.4, -0.2) is 29.5 Å². The van der Waals surface area contributed by atoms with E-state index in [1.165, 1.54) is 12.1 Å². The van der Waals surface area contributed by atoms with Gasteiger partial charge in [-0.25, -0.2) is 0 Å². The van der Waals surface area contributed by atoms with Gasteiger partial charge in [-0.05, 0) is 95.0 Å². The molecule has 1 amide bonds. The highest BCUT2D eigenvalue weighted by molar-refractivity contribution is 6.00. The molecule has 4 aromatic rings. The van der Waals surface area contributed by atoms with E-state index in [2.05, 4.69) is 5.32 Å². The van der Waals surface area contributed by atoms with Crippen LogP contribution in [0, 0.1) is 17.8 Å². The predicted molar refractivity (Wildman–Crippen MR) is 192 cm³/mol. The maximum absolute atomic E-state index is 13.7. The Labute approximate surface area is 305 Å². The van der Waals surface area contributed by atoms with E-state index >= 15 is 0 Å². The number of rotatable bonds is 14. The van der Waals surface area contributed by atoms with Crippen molar-refractivity contribution in [1.29, 1.82) is 0 Å². The van der Waals surface area contributed by atoms with E-state index in [-0.39, 0.29) is 23.5 Å². The van der Waals surface area contributed by atoms with E-state index in [1.807, 2.05) is 43.3 Å². The van der Waals surface area contributed by atoms with E-state index in [0.29, 0.717) is 66.3 Å². The molecule has 2 N–H and O–H groups in total. The number of alkyl halides is 6. The van der Waals surface area contributed by atoms with Gasteiger partial charge in [-0.15, -0.1) is 0 Å². The Morgan fingerprint density at radius 1 is 0.792 bits per heavy atom. The Hall–Kier alpha value is -4.44. The number of Topliss-reactive ketones (excluding diaryl/α,β-unsaturated/α-hetero) is 1. The first kappa shape index (κ1) is 38.3. The summed E-state index contributed by atoms with van der Waals surface area (Å²) in [5.41, 5.74) is 2.92. The zero-order valence-electron chi connectivity index (χ0n) is 29.4. The maximum Gasteiger partial charge on any atom is 0.416 e. The highest BCUT2D eigenvalue weighted by atomic mass is 19.4. The molecule has 0 saturated heterocycles. The Morgan fingerprint density at radius 2 is 1.38 bits per heavy atom. The fraction of sp³-hybridized carbons (Fsp3) is 0.395. The molecule has 280 valence electrons. The Kier molecular flexibility index (Phi) is 11.2. The minimum atomic E-state index is -4.55. The lowest BCUT2D eigenvalue weighted by Gasteiger charge is -2.40. The minimum Gasteiger partial charge on any atom is -0.388 e. The van der Waals surface area contributed by atoms with Crippen LogP contribution in [0.1, 0.15) is 86.6 Å². The summed E-state index contributed by atoms with van der Waals surface area (Å²) in [6.07, 6.45) is -5.22. The van der Waals surface area contributed by atoms with Crippen molar-refractivity contribution >= 4 is 11.7 Å². The first-order valence-electron chi connectivity index (χ1n) is 18.2. The van der Waals surface area contributed by atoms with Crippen molar-refractivity contribution < 1.29 is 41.0 Å². The van der Waals surface area contributed by atoms with Crippen molar-refractivity contribution in [2.24, 2.45) is 17.8 Å². The third-order valence-corrected chi connectivity index (χ3v) is 11.3. The fourth-order valence-corrected chi connectivity index (χ4v) is 8.32. The summed E-state index contributed by atoms with van der Waals surface area (Å²) < 4.78 is 79.0. The third-order valence-electron chi connectivity index (χ3n) is 11.3. The lowest BCUT2D eigenvalue weighted by atomic mass is 9.66. The zero-order chi connectivity index (χ0) is 38.0.